The van der Waals surface area contributed by atoms with Crippen molar-refractivity contribution >= 4 is 23.5 Å². The Morgan fingerprint density at radius 2 is 1.71 bits per heavy atom. The van der Waals surface area contributed by atoms with Gasteiger partial charge in [-0.15, -0.1) is 0 Å². The van der Waals surface area contributed by atoms with Crippen molar-refractivity contribution in [2.75, 3.05) is 20.2 Å². The lowest BCUT2D eigenvalue weighted by Crippen LogP contribution is -2.39. The maximum absolute atomic E-state index is 12.6. The summed E-state index contributed by atoms with van der Waals surface area (Å²) in [6.07, 6.45) is 0. The standard InChI is InChI=1S/C16H22ClNO3/c1-11(2)9-18(10-12(3)16(20)21-4)15(19)13-5-7-14(17)8-6-13/h5-8,11-12H,9-10H2,1-4H3. The molecule has 0 aliphatic heterocycles. The third-order valence-corrected chi connectivity index (χ3v) is 3.31. The van der Waals surface area contributed by atoms with Crippen molar-refractivity contribution in [3.05, 3.63) is 34.9 Å². The van der Waals surface area contributed by atoms with Crippen LogP contribution in [0.5, 0.6) is 0 Å². The first-order valence-corrected chi connectivity index (χ1v) is 7.35. The molecule has 1 unspecified atom stereocenters. The number of carbonyl (C=O) groups excluding carboxylic acids is 2. The van der Waals surface area contributed by atoms with Crippen molar-refractivity contribution in [3.63, 3.8) is 0 Å². The Hall–Kier alpha value is -1.55. The number of rotatable bonds is 6. The van der Waals surface area contributed by atoms with E-state index in [4.69, 9.17) is 16.3 Å². The lowest BCUT2D eigenvalue weighted by molar-refractivity contribution is -0.145. The Bertz CT molecular complexity index is 485. The molecule has 1 amide bonds. The van der Waals surface area contributed by atoms with Crippen molar-refractivity contribution in [3.8, 4) is 0 Å². The highest BCUT2D eigenvalue weighted by atomic mass is 35.5. The summed E-state index contributed by atoms with van der Waals surface area (Å²) in [7, 11) is 1.35. The van der Waals surface area contributed by atoms with Crippen LogP contribution < -0.4 is 0 Å². The fraction of sp³-hybridized carbons (Fsp3) is 0.500. The summed E-state index contributed by atoms with van der Waals surface area (Å²) in [5.41, 5.74) is 0.567. The van der Waals surface area contributed by atoms with E-state index in [-0.39, 0.29) is 17.8 Å². The van der Waals surface area contributed by atoms with Gasteiger partial charge in [-0.3, -0.25) is 9.59 Å². The minimum atomic E-state index is -0.356. The summed E-state index contributed by atoms with van der Waals surface area (Å²) in [5.74, 6) is -0.458. The summed E-state index contributed by atoms with van der Waals surface area (Å²) >= 11 is 5.84. The van der Waals surface area contributed by atoms with Crippen molar-refractivity contribution in [2.45, 2.75) is 20.8 Å². The Balaban J connectivity index is 2.88. The van der Waals surface area contributed by atoms with Gasteiger partial charge in [0.1, 0.15) is 0 Å². The van der Waals surface area contributed by atoms with Gasteiger partial charge in [0.25, 0.3) is 5.91 Å². The van der Waals surface area contributed by atoms with Gasteiger partial charge in [-0.2, -0.15) is 0 Å². The lowest BCUT2D eigenvalue weighted by Gasteiger charge is -2.27. The molecule has 0 saturated carbocycles. The normalized spacial score (nSPS) is 12.1. The number of carbonyl (C=O) groups is 2. The summed E-state index contributed by atoms with van der Waals surface area (Å²) in [6.45, 7) is 6.75. The monoisotopic (exact) mass is 311 g/mol. The fourth-order valence-electron chi connectivity index (χ4n) is 2.06. The highest BCUT2D eigenvalue weighted by Gasteiger charge is 2.23. The van der Waals surface area contributed by atoms with Gasteiger partial charge in [0.15, 0.2) is 0 Å². The lowest BCUT2D eigenvalue weighted by atomic mass is 10.1. The molecule has 0 fully saturated rings. The van der Waals surface area contributed by atoms with Crippen molar-refractivity contribution < 1.29 is 14.3 Å². The Kier molecular flexibility index (Phi) is 6.69. The Morgan fingerprint density at radius 1 is 1.14 bits per heavy atom. The molecule has 0 aliphatic rings. The molecule has 1 atom stereocenters. The predicted molar refractivity (Wildman–Crippen MR) is 83.4 cm³/mol. The highest BCUT2D eigenvalue weighted by Crippen LogP contribution is 2.14. The average Bonchev–Trinajstić information content (AvgIpc) is 2.45. The SMILES string of the molecule is COC(=O)C(C)CN(CC(C)C)C(=O)c1ccc(Cl)cc1. The molecule has 0 spiro atoms. The fourth-order valence-corrected chi connectivity index (χ4v) is 2.19. The Morgan fingerprint density at radius 3 is 2.19 bits per heavy atom. The van der Waals surface area contributed by atoms with Crippen LogP contribution in [0.2, 0.25) is 5.02 Å². The smallest absolute Gasteiger partial charge is 0.310 e. The highest BCUT2D eigenvalue weighted by molar-refractivity contribution is 6.30. The first kappa shape index (κ1) is 17.5. The van der Waals surface area contributed by atoms with Crippen LogP contribution in [-0.2, 0) is 9.53 Å². The first-order valence-electron chi connectivity index (χ1n) is 6.97. The molecule has 1 aromatic rings. The molecule has 1 aromatic carbocycles. The zero-order valence-electron chi connectivity index (χ0n) is 12.9. The van der Waals surface area contributed by atoms with Crippen LogP contribution in [0, 0.1) is 11.8 Å². The van der Waals surface area contributed by atoms with Crippen LogP contribution in [-0.4, -0.2) is 37.0 Å². The van der Waals surface area contributed by atoms with Crippen LogP contribution in [0.15, 0.2) is 24.3 Å². The van der Waals surface area contributed by atoms with Gasteiger partial charge < -0.3 is 9.64 Å². The second-order valence-electron chi connectivity index (χ2n) is 5.54. The van der Waals surface area contributed by atoms with E-state index in [2.05, 4.69) is 0 Å². The minimum absolute atomic E-state index is 0.101. The molecule has 0 heterocycles. The van der Waals surface area contributed by atoms with E-state index in [9.17, 15) is 9.59 Å². The number of hydrogen-bond acceptors (Lipinski definition) is 3. The molecule has 0 N–H and O–H groups in total. The van der Waals surface area contributed by atoms with E-state index in [1.165, 1.54) is 7.11 Å². The van der Waals surface area contributed by atoms with Crippen LogP contribution in [0.25, 0.3) is 0 Å². The summed E-state index contributed by atoms with van der Waals surface area (Å²) in [6, 6.07) is 6.76. The molecule has 116 valence electrons. The molecule has 4 nitrogen and oxygen atoms in total. The van der Waals surface area contributed by atoms with Crippen LogP contribution in [0.1, 0.15) is 31.1 Å². The van der Waals surface area contributed by atoms with E-state index < -0.39 is 0 Å². The van der Waals surface area contributed by atoms with Crippen LogP contribution >= 0.6 is 11.6 Å². The molecule has 0 aromatic heterocycles. The zero-order chi connectivity index (χ0) is 16.0. The van der Waals surface area contributed by atoms with E-state index in [0.29, 0.717) is 29.6 Å². The largest absolute Gasteiger partial charge is 0.469 e. The average molecular weight is 312 g/mol. The van der Waals surface area contributed by atoms with Crippen LogP contribution in [0.4, 0.5) is 0 Å². The summed E-state index contributed by atoms with van der Waals surface area (Å²) in [5, 5.41) is 0.588. The maximum Gasteiger partial charge on any atom is 0.310 e. The molecule has 1 rings (SSSR count). The van der Waals surface area contributed by atoms with Crippen molar-refractivity contribution in [1.82, 2.24) is 4.90 Å². The van der Waals surface area contributed by atoms with Crippen molar-refractivity contribution in [1.29, 1.82) is 0 Å². The third-order valence-electron chi connectivity index (χ3n) is 3.06. The molecule has 21 heavy (non-hydrogen) atoms. The molecule has 0 aliphatic carbocycles. The number of amides is 1. The van der Waals surface area contributed by atoms with Crippen molar-refractivity contribution in [2.24, 2.45) is 11.8 Å². The number of benzene rings is 1. The minimum Gasteiger partial charge on any atom is -0.469 e. The van der Waals surface area contributed by atoms with Gasteiger partial charge in [0.2, 0.25) is 0 Å². The van der Waals surface area contributed by atoms with Gasteiger partial charge in [-0.25, -0.2) is 0 Å². The first-order chi connectivity index (χ1) is 9.85. The third kappa shape index (κ3) is 5.38. The predicted octanol–water partition coefficient (Wildman–Crippen LogP) is 3.25. The second kappa shape index (κ2) is 8.03. The van der Waals surface area contributed by atoms with E-state index >= 15 is 0 Å². The number of ether oxygens (including phenoxy) is 1. The summed E-state index contributed by atoms with van der Waals surface area (Å²) in [4.78, 5) is 25.8. The van der Waals surface area contributed by atoms with Gasteiger partial charge in [-0.05, 0) is 30.2 Å². The quantitative estimate of drug-likeness (QED) is 0.758. The van der Waals surface area contributed by atoms with E-state index in [0.717, 1.165) is 0 Å². The van der Waals surface area contributed by atoms with E-state index in [1.807, 2.05) is 13.8 Å². The zero-order valence-corrected chi connectivity index (χ0v) is 13.7. The molecular formula is C16H22ClNO3. The number of methoxy groups -OCH3 is 1. The van der Waals surface area contributed by atoms with Gasteiger partial charge in [0.05, 0.1) is 13.0 Å². The molecule has 0 radical (unpaired) electrons. The number of halogens is 1. The van der Waals surface area contributed by atoms with Gasteiger partial charge in [-0.1, -0.05) is 32.4 Å². The second-order valence-corrected chi connectivity index (χ2v) is 5.97. The number of hydrogen-bond donors (Lipinski definition) is 0. The van der Waals surface area contributed by atoms with Gasteiger partial charge >= 0.3 is 5.97 Å². The topological polar surface area (TPSA) is 46.6 Å². The maximum atomic E-state index is 12.6. The van der Waals surface area contributed by atoms with E-state index in [1.54, 1.807) is 36.1 Å². The summed E-state index contributed by atoms with van der Waals surface area (Å²) < 4.78 is 4.72. The molecule has 0 bridgehead atoms. The molecule has 5 heteroatoms. The van der Waals surface area contributed by atoms with Crippen LogP contribution in [0.3, 0.4) is 0 Å². The number of esters is 1. The molecule has 0 saturated heterocycles. The molecular weight excluding hydrogens is 290 g/mol. The Labute approximate surface area is 131 Å². The number of nitrogens with zero attached hydrogens (tertiary/aromatic N) is 1. The van der Waals surface area contributed by atoms with Gasteiger partial charge in [0, 0.05) is 23.7 Å².